The number of nitrogens with zero attached hydrogens (tertiary/aromatic N) is 2. The Hall–Kier alpha value is -3.56. The van der Waals surface area contributed by atoms with Gasteiger partial charge in [0.25, 0.3) is 5.91 Å². The molecule has 1 saturated heterocycles. The van der Waals surface area contributed by atoms with E-state index in [1.165, 1.54) is 6.26 Å². The van der Waals surface area contributed by atoms with Gasteiger partial charge in [-0.1, -0.05) is 18.2 Å². The monoisotopic (exact) mass is 479 g/mol. The van der Waals surface area contributed by atoms with Gasteiger partial charge in [0.05, 0.1) is 19.8 Å². The third kappa shape index (κ3) is 5.93. The van der Waals surface area contributed by atoms with Gasteiger partial charge < -0.3 is 28.7 Å². The van der Waals surface area contributed by atoms with E-state index < -0.39 is 0 Å². The summed E-state index contributed by atoms with van der Waals surface area (Å²) in [4.78, 5) is 19.1. The lowest BCUT2D eigenvalue weighted by Crippen LogP contribution is -2.32. The number of hydrogen-bond donors (Lipinski definition) is 1. The topological polar surface area (TPSA) is 95.3 Å². The number of rotatable bonds is 10. The number of benzene rings is 2. The summed E-state index contributed by atoms with van der Waals surface area (Å²) in [6, 6.07) is 13.9. The summed E-state index contributed by atoms with van der Waals surface area (Å²) >= 11 is 0. The lowest BCUT2D eigenvalue weighted by Gasteiger charge is -2.21. The van der Waals surface area contributed by atoms with Crippen LogP contribution in [-0.2, 0) is 24.4 Å². The van der Waals surface area contributed by atoms with Gasteiger partial charge in [0.2, 0.25) is 12.7 Å². The molecule has 5 rings (SSSR count). The smallest absolute Gasteiger partial charge is 0.273 e. The van der Waals surface area contributed by atoms with Crippen molar-refractivity contribution in [3.05, 3.63) is 71.4 Å². The Labute approximate surface area is 203 Å². The molecule has 9 heteroatoms. The second-order valence-corrected chi connectivity index (χ2v) is 8.66. The van der Waals surface area contributed by atoms with Gasteiger partial charge in [-0.05, 0) is 48.2 Å². The number of nitrogens with one attached hydrogen (secondary N) is 1. The van der Waals surface area contributed by atoms with Crippen LogP contribution in [0.25, 0.3) is 0 Å². The van der Waals surface area contributed by atoms with Gasteiger partial charge in [0, 0.05) is 26.2 Å². The van der Waals surface area contributed by atoms with Crippen molar-refractivity contribution in [3.63, 3.8) is 0 Å². The maximum atomic E-state index is 12.5. The molecule has 184 valence electrons. The molecule has 0 saturated carbocycles. The Kier molecular flexibility index (Phi) is 7.15. The standard InChI is InChI=1S/C26H29N3O6/c1-31-20-5-2-4-18(10-20)13-29(14-19-7-8-23-24(11-19)35-17-34-23)15-25-28-22(16-33-25)26(30)27-12-21-6-3-9-32-21/h2,4-5,7-8,10-11,16,21H,3,6,9,12-15,17H2,1H3,(H,27,30)/t21-/m1/s1. The van der Waals surface area contributed by atoms with E-state index in [0.29, 0.717) is 32.1 Å². The van der Waals surface area contributed by atoms with Crippen molar-refractivity contribution in [2.45, 2.75) is 38.6 Å². The predicted molar refractivity (Wildman–Crippen MR) is 126 cm³/mol. The molecule has 0 unspecified atom stereocenters. The normalized spacial score (nSPS) is 16.6. The summed E-state index contributed by atoms with van der Waals surface area (Å²) in [5.74, 6) is 2.50. The lowest BCUT2D eigenvalue weighted by molar-refractivity contribution is 0.0853. The van der Waals surface area contributed by atoms with Crippen LogP contribution in [0.5, 0.6) is 17.2 Å². The van der Waals surface area contributed by atoms with E-state index in [2.05, 4.69) is 21.3 Å². The number of fused-ring (bicyclic) bond motifs is 1. The molecule has 3 heterocycles. The van der Waals surface area contributed by atoms with Crippen LogP contribution in [0.3, 0.4) is 0 Å². The molecular weight excluding hydrogens is 450 g/mol. The van der Waals surface area contributed by atoms with Crippen LogP contribution < -0.4 is 19.5 Å². The predicted octanol–water partition coefficient (Wildman–Crippen LogP) is 3.52. The minimum absolute atomic E-state index is 0.0744. The van der Waals surface area contributed by atoms with E-state index in [4.69, 9.17) is 23.4 Å². The first-order valence-corrected chi connectivity index (χ1v) is 11.7. The molecule has 1 fully saturated rings. The number of ether oxygens (including phenoxy) is 4. The highest BCUT2D eigenvalue weighted by atomic mass is 16.7. The molecule has 1 aromatic heterocycles. The van der Waals surface area contributed by atoms with Crippen LogP contribution in [0.2, 0.25) is 0 Å². The maximum Gasteiger partial charge on any atom is 0.273 e. The molecule has 0 aliphatic carbocycles. The molecule has 1 atom stereocenters. The molecule has 9 nitrogen and oxygen atoms in total. The Morgan fingerprint density at radius 3 is 2.80 bits per heavy atom. The van der Waals surface area contributed by atoms with Gasteiger partial charge in [0.15, 0.2) is 17.2 Å². The summed E-state index contributed by atoms with van der Waals surface area (Å²) in [6.45, 7) is 3.14. The SMILES string of the molecule is COc1cccc(CN(Cc2ccc3c(c2)OCO3)Cc2nc(C(=O)NC[C@H]3CCCO3)co2)c1. The first kappa shape index (κ1) is 23.2. The number of carbonyl (C=O) groups is 1. The zero-order valence-corrected chi connectivity index (χ0v) is 19.7. The summed E-state index contributed by atoms with van der Waals surface area (Å²) in [5, 5.41) is 2.88. The van der Waals surface area contributed by atoms with Gasteiger partial charge in [-0.15, -0.1) is 0 Å². The van der Waals surface area contributed by atoms with Crippen LogP contribution in [0, 0.1) is 0 Å². The molecule has 3 aromatic rings. The molecule has 2 aliphatic heterocycles. The van der Waals surface area contributed by atoms with Crippen molar-refractivity contribution < 1.29 is 28.2 Å². The van der Waals surface area contributed by atoms with Crippen molar-refractivity contribution in [2.75, 3.05) is 27.1 Å². The number of carbonyl (C=O) groups excluding carboxylic acids is 1. The van der Waals surface area contributed by atoms with Gasteiger partial charge in [-0.25, -0.2) is 4.98 Å². The number of oxazole rings is 1. The summed E-state index contributed by atoms with van der Waals surface area (Å²) in [5.41, 5.74) is 2.42. The fraction of sp³-hybridized carbons (Fsp3) is 0.385. The van der Waals surface area contributed by atoms with Crippen LogP contribution in [0.4, 0.5) is 0 Å². The lowest BCUT2D eigenvalue weighted by atomic mass is 10.1. The van der Waals surface area contributed by atoms with Gasteiger partial charge in [-0.2, -0.15) is 0 Å². The molecule has 0 radical (unpaired) electrons. The van der Waals surface area contributed by atoms with Crippen LogP contribution in [0.15, 0.2) is 53.1 Å². The molecule has 1 N–H and O–H groups in total. The molecule has 0 spiro atoms. The van der Waals surface area contributed by atoms with Gasteiger partial charge in [-0.3, -0.25) is 9.69 Å². The molecule has 2 aliphatic rings. The third-order valence-electron chi connectivity index (χ3n) is 6.04. The Bertz CT molecular complexity index is 1160. The second kappa shape index (κ2) is 10.8. The quantitative estimate of drug-likeness (QED) is 0.472. The molecule has 0 bridgehead atoms. The van der Waals surface area contributed by atoms with Crippen molar-refractivity contribution in [2.24, 2.45) is 0 Å². The number of aromatic nitrogens is 1. The first-order valence-electron chi connectivity index (χ1n) is 11.7. The highest BCUT2D eigenvalue weighted by Crippen LogP contribution is 2.33. The molecule has 35 heavy (non-hydrogen) atoms. The maximum absolute atomic E-state index is 12.5. The van der Waals surface area contributed by atoms with E-state index in [-0.39, 0.29) is 24.5 Å². The van der Waals surface area contributed by atoms with Crippen LogP contribution in [0.1, 0.15) is 40.3 Å². The van der Waals surface area contributed by atoms with Gasteiger partial charge >= 0.3 is 0 Å². The first-order chi connectivity index (χ1) is 17.2. The number of methoxy groups -OCH3 is 1. The summed E-state index contributed by atoms with van der Waals surface area (Å²) in [7, 11) is 1.65. The van der Waals surface area contributed by atoms with Crippen molar-refractivity contribution >= 4 is 5.91 Å². The fourth-order valence-corrected chi connectivity index (χ4v) is 4.28. The van der Waals surface area contributed by atoms with E-state index in [1.54, 1.807) is 7.11 Å². The fourth-order valence-electron chi connectivity index (χ4n) is 4.28. The number of hydrogen-bond acceptors (Lipinski definition) is 8. The highest BCUT2D eigenvalue weighted by Gasteiger charge is 2.20. The molecular formula is C26H29N3O6. The third-order valence-corrected chi connectivity index (χ3v) is 6.04. The minimum Gasteiger partial charge on any atom is -0.497 e. The van der Waals surface area contributed by atoms with E-state index in [0.717, 1.165) is 47.8 Å². The zero-order valence-electron chi connectivity index (χ0n) is 19.7. The Balaban J connectivity index is 1.28. The largest absolute Gasteiger partial charge is 0.497 e. The Morgan fingerprint density at radius 1 is 1.11 bits per heavy atom. The van der Waals surface area contributed by atoms with E-state index in [1.807, 2.05) is 36.4 Å². The summed E-state index contributed by atoms with van der Waals surface area (Å²) in [6.07, 6.45) is 3.47. The second-order valence-electron chi connectivity index (χ2n) is 8.66. The van der Waals surface area contributed by atoms with Crippen molar-refractivity contribution in [1.82, 2.24) is 15.2 Å². The van der Waals surface area contributed by atoms with Crippen molar-refractivity contribution in [1.29, 1.82) is 0 Å². The van der Waals surface area contributed by atoms with Crippen LogP contribution in [-0.4, -0.2) is 48.9 Å². The Morgan fingerprint density at radius 2 is 1.97 bits per heavy atom. The van der Waals surface area contributed by atoms with E-state index in [9.17, 15) is 4.79 Å². The number of amides is 1. The zero-order chi connectivity index (χ0) is 24.0. The highest BCUT2D eigenvalue weighted by molar-refractivity contribution is 5.91. The minimum atomic E-state index is -0.259. The van der Waals surface area contributed by atoms with E-state index >= 15 is 0 Å². The molecule has 2 aromatic carbocycles. The average Bonchev–Trinajstić information content (AvgIpc) is 3.64. The summed E-state index contributed by atoms with van der Waals surface area (Å²) < 4.78 is 27.6. The van der Waals surface area contributed by atoms with Gasteiger partial charge in [0.1, 0.15) is 12.0 Å². The molecule has 1 amide bonds. The van der Waals surface area contributed by atoms with Crippen molar-refractivity contribution in [3.8, 4) is 17.2 Å². The van der Waals surface area contributed by atoms with Crippen LogP contribution >= 0.6 is 0 Å². The average molecular weight is 480 g/mol.